The summed E-state index contributed by atoms with van der Waals surface area (Å²) in [6.45, 7) is 0. The lowest BCUT2D eigenvalue weighted by molar-refractivity contribution is -0.137. The summed E-state index contributed by atoms with van der Waals surface area (Å²) < 4.78 is 16.6. The summed E-state index contributed by atoms with van der Waals surface area (Å²) in [6.07, 6.45) is 3.31. The Kier molecular flexibility index (Phi) is 2.04. The van der Waals surface area contributed by atoms with Gasteiger partial charge < -0.3 is 4.74 Å². The van der Waals surface area contributed by atoms with Crippen LogP contribution in [0.4, 0.5) is 4.39 Å². The Morgan fingerprint density at radius 3 is 2.70 bits per heavy atom. The fourth-order valence-electron chi connectivity index (χ4n) is 0.635. The molecule has 0 unspecified atom stereocenters. The van der Waals surface area contributed by atoms with Gasteiger partial charge in [0.1, 0.15) is 0 Å². The summed E-state index contributed by atoms with van der Waals surface area (Å²) in [4.78, 5) is 10.4. The molecule has 0 N–H and O–H groups in total. The molecule has 0 aromatic heterocycles. The molecule has 0 radical (unpaired) electrons. The van der Waals surface area contributed by atoms with Gasteiger partial charge in [-0.05, 0) is 24.8 Å². The lowest BCUT2D eigenvalue weighted by Crippen LogP contribution is -2.00. The zero-order valence-corrected chi connectivity index (χ0v) is 5.76. The Balaban J connectivity index is 2.44. The standard InChI is InChI=1S/C7H9FO2/c1-10-7(9)6(8)4-5-2-3-5/h4-5H,2-3H2,1H3. The van der Waals surface area contributed by atoms with Gasteiger partial charge in [0.15, 0.2) is 0 Å². The van der Waals surface area contributed by atoms with E-state index >= 15 is 0 Å². The Bertz CT molecular complexity index is 170. The van der Waals surface area contributed by atoms with Gasteiger partial charge in [0.05, 0.1) is 7.11 Å². The smallest absolute Gasteiger partial charge is 0.366 e. The predicted molar refractivity (Wildman–Crippen MR) is 33.9 cm³/mol. The number of hydrogen-bond acceptors (Lipinski definition) is 2. The average molecular weight is 144 g/mol. The minimum absolute atomic E-state index is 0.277. The highest BCUT2D eigenvalue weighted by molar-refractivity contribution is 5.85. The Hall–Kier alpha value is -0.860. The van der Waals surface area contributed by atoms with Crippen molar-refractivity contribution in [2.24, 2.45) is 5.92 Å². The number of methoxy groups -OCH3 is 1. The van der Waals surface area contributed by atoms with E-state index in [1.807, 2.05) is 0 Å². The molecule has 1 saturated carbocycles. The lowest BCUT2D eigenvalue weighted by atomic mass is 10.3. The first-order valence-electron chi connectivity index (χ1n) is 3.19. The Morgan fingerprint density at radius 1 is 1.70 bits per heavy atom. The van der Waals surface area contributed by atoms with Crippen molar-refractivity contribution in [2.75, 3.05) is 7.11 Å². The highest BCUT2D eigenvalue weighted by Gasteiger charge is 2.21. The van der Waals surface area contributed by atoms with Crippen LogP contribution in [-0.4, -0.2) is 13.1 Å². The normalized spacial score (nSPS) is 18.8. The number of carbonyl (C=O) groups excluding carboxylic acids is 1. The van der Waals surface area contributed by atoms with Crippen LogP contribution >= 0.6 is 0 Å². The second kappa shape index (κ2) is 2.82. The largest absolute Gasteiger partial charge is 0.464 e. The third-order valence-corrected chi connectivity index (χ3v) is 1.38. The fourth-order valence-corrected chi connectivity index (χ4v) is 0.635. The van der Waals surface area contributed by atoms with E-state index in [0.29, 0.717) is 0 Å². The molecule has 0 aromatic rings. The van der Waals surface area contributed by atoms with Crippen molar-refractivity contribution in [3.05, 3.63) is 11.9 Å². The minimum Gasteiger partial charge on any atom is -0.464 e. The predicted octanol–water partition coefficient (Wildman–Crippen LogP) is 1.42. The van der Waals surface area contributed by atoms with Gasteiger partial charge in [-0.25, -0.2) is 4.79 Å². The van der Waals surface area contributed by atoms with Gasteiger partial charge in [0.2, 0.25) is 5.83 Å². The van der Waals surface area contributed by atoms with Crippen molar-refractivity contribution in [1.82, 2.24) is 0 Å². The first kappa shape index (κ1) is 7.25. The van der Waals surface area contributed by atoms with Crippen molar-refractivity contribution >= 4 is 5.97 Å². The van der Waals surface area contributed by atoms with Crippen molar-refractivity contribution in [3.8, 4) is 0 Å². The van der Waals surface area contributed by atoms with Gasteiger partial charge >= 0.3 is 5.97 Å². The van der Waals surface area contributed by atoms with Crippen LogP contribution in [0.15, 0.2) is 11.9 Å². The van der Waals surface area contributed by atoms with E-state index in [2.05, 4.69) is 4.74 Å². The van der Waals surface area contributed by atoms with E-state index in [9.17, 15) is 9.18 Å². The summed E-state index contributed by atoms with van der Waals surface area (Å²) >= 11 is 0. The van der Waals surface area contributed by atoms with Gasteiger partial charge in [0.25, 0.3) is 0 Å². The van der Waals surface area contributed by atoms with Crippen molar-refractivity contribution in [1.29, 1.82) is 0 Å². The quantitative estimate of drug-likeness (QED) is 0.432. The average Bonchev–Trinajstić information content (AvgIpc) is 2.70. The van der Waals surface area contributed by atoms with Gasteiger partial charge in [-0.3, -0.25) is 0 Å². The van der Waals surface area contributed by atoms with Crippen LogP contribution in [0.25, 0.3) is 0 Å². The number of allylic oxidation sites excluding steroid dienone is 1. The second-order valence-corrected chi connectivity index (χ2v) is 2.34. The van der Waals surface area contributed by atoms with Gasteiger partial charge in [-0.1, -0.05) is 0 Å². The topological polar surface area (TPSA) is 26.3 Å². The number of carbonyl (C=O) groups is 1. The summed E-state index contributed by atoms with van der Waals surface area (Å²) in [5.74, 6) is -1.35. The molecule has 0 heterocycles. The molecule has 1 aliphatic carbocycles. The summed E-state index contributed by atoms with van der Waals surface area (Å²) in [7, 11) is 1.17. The number of ether oxygens (including phenoxy) is 1. The van der Waals surface area contributed by atoms with Crippen molar-refractivity contribution < 1.29 is 13.9 Å². The molecule has 0 bridgehead atoms. The first-order valence-corrected chi connectivity index (χ1v) is 3.19. The summed E-state index contributed by atoms with van der Waals surface area (Å²) in [6, 6.07) is 0. The molecule has 0 amide bonds. The van der Waals surface area contributed by atoms with Crippen molar-refractivity contribution in [2.45, 2.75) is 12.8 Å². The molecule has 0 spiro atoms. The molecule has 1 fully saturated rings. The van der Waals surface area contributed by atoms with E-state index in [1.165, 1.54) is 13.2 Å². The number of esters is 1. The SMILES string of the molecule is COC(=O)C(F)=CC1CC1. The highest BCUT2D eigenvalue weighted by Crippen LogP contribution is 2.31. The molecule has 1 rings (SSSR count). The van der Waals surface area contributed by atoms with Crippen LogP contribution in [0.1, 0.15) is 12.8 Å². The fraction of sp³-hybridized carbons (Fsp3) is 0.571. The van der Waals surface area contributed by atoms with E-state index in [1.54, 1.807) is 0 Å². The highest BCUT2D eigenvalue weighted by atomic mass is 19.1. The number of hydrogen-bond donors (Lipinski definition) is 0. The first-order chi connectivity index (χ1) is 4.74. The van der Waals surface area contributed by atoms with E-state index in [4.69, 9.17) is 0 Å². The second-order valence-electron chi connectivity index (χ2n) is 2.34. The zero-order valence-electron chi connectivity index (χ0n) is 5.76. The van der Waals surface area contributed by atoms with Crippen molar-refractivity contribution in [3.63, 3.8) is 0 Å². The van der Waals surface area contributed by atoms with Crippen LogP contribution in [-0.2, 0) is 9.53 Å². The molecule has 0 aromatic carbocycles. The Labute approximate surface area is 58.7 Å². The van der Waals surface area contributed by atoms with E-state index in [0.717, 1.165) is 12.8 Å². The molecule has 56 valence electrons. The zero-order chi connectivity index (χ0) is 7.56. The van der Waals surface area contributed by atoms with Crippen LogP contribution < -0.4 is 0 Å². The van der Waals surface area contributed by atoms with Gasteiger partial charge in [-0.15, -0.1) is 0 Å². The minimum atomic E-state index is -0.869. The molecular formula is C7H9FO2. The molecule has 0 saturated heterocycles. The maximum absolute atomic E-state index is 12.5. The van der Waals surface area contributed by atoms with Gasteiger partial charge in [-0.2, -0.15) is 4.39 Å². The van der Waals surface area contributed by atoms with Crippen LogP contribution in [0.3, 0.4) is 0 Å². The molecule has 0 aliphatic heterocycles. The van der Waals surface area contributed by atoms with E-state index in [-0.39, 0.29) is 5.92 Å². The monoisotopic (exact) mass is 144 g/mol. The summed E-state index contributed by atoms with van der Waals surface area (Å²) in [5.41, 5.74) is 0. The van der Waals surface area contributed by atoms with Crippen LogP contribution in [0, 0.1) is 5.92 Å². The maximum Gasteiger partial charge on any atom is 0.366 e. The third-order valence-electron chi connectivity index (χ3n) is 1.38. The molecule has 10 heavy (non-hydrogen) atoms. The van der Waals surface area contributed by atoms with E-state index < -0.39 is 11.8 Å². The Morgan fingerprint density at radius 2 is 2.30 bits per heavy atom. The van der Waals surface area contributed by atoms with Crippen LogP contribution in [0.5, 0.6) is 0 Å². The lowest BCUT2D eigenvalue weighted by Gasteiger charge is -1.92. The van der Waals surface area contributed by atoms with Gasteiger partial charge in [0, 0.05) is 0 Å². The molecule has 0 atom stereocenters. The molecule has 2 nitrogen and oxygen atoms in total. The molecular weight excluding hydrogens is 135 g/mol. The third kappa shape index (κ3) is 1.83. The summed E-state index contributed by atoms with van der Waals surface area (Å²) in [5, 5.41) is 0. The molecule has 3 heteroatoms. The maximum atomic E-state index is 12.5. The van der Waals surface area contributed by atoms with Crippen LogP contribution in [0.2, 0.25) is 0 Å². The molecule has 1 aliphatic rings. The number of halogens is 1. The number of rotatable bonds is 2.